The second-order valence-electron chi connectivity index (χ2n) is 4.39. The largest absolute Gasteiger partial charge is 0.368 e. The van der Waals surface area contributed by atoms with Gasteiger partial charge >= 0.3 is 0 Å². The molecule has 3 N–H and O–H groups in total. The van der Waals surface area contributed by atoms with Crippen LogP contribution in [0.25, 0.3) is 0 Å². The standard InChI is InChI=1S/C13H20N4O2/c1-10(2)16-12-6-3-5-11(17-12)13(19)15-8-4-7-14-9-18/h3,5-6,9-10H,4,7-8H2,1-2H3,(H,14,18)(H,15,19)(H,16,17). The van der Waals surface area contributed by atoms with E-state index in [0.29, 0.717) is 37.4 Å². The first-order valence-electron chi connectivity index (χ1n) is 6.32. The van der Waals surface area contributed by atoms with Crippen molar-refractivity contribution < 1.29 is 9.59 Å². The van der Waals surface area contributed by atoms with Crippen molar-refractivity contribution in [2.24, 2.45) is 0 Å². The normalized spacial score (nSPS) is 10.1. The SMILES string of the molecule is CC(C)Nc1cccc(C(=O)NCCCNC=O)n1. The van der Waals surface area contributed by atoms with E-state index in [4.69, 9.17) is 0 Å². The van der Waals surface area contributed by atoms with Crippen LogP contribution in [0.2, 0.25) is 0 Å². The van der Waals surface area contributed by atoms with Gasteiger partial charge in [0, 0.05) is 19.1 Å². The molecule has 6 heteroatoms. The van der Waals surface area contributed by atoms with Crippen molar-refractivity contribution in [3.05, 3.63) is 23.9 Å². The Morgan fingerprint density at radius 3 is 2.84 bits per heavy atom. The first-order chi connectivity index (χ1) is 9.13. The first-order valence-corrected chi connectivity index (χ1v) is 6.32. The van der Waals surface area contributed by atoms with Crippen molar-refractivity contribution in [3.63, 3.8) is 0 Å². The number of anilines is 1. The molecule has 0 spiro atoms. The number of amides is 2. The van der Waals surface area contributed by atoms with E-state index in [0.717, 1.165) is 0 Å². The minimum atomic E-state index is -0.210. The highest BCUT2D eigenvalue weighted by Gasteiger charge is 2.07. The number of nitrogens with one attached hydrogen (secondary N) is 3. The monoisotopic (exact) mass is 264 g/mol. The Hall–Kier alpha value is -2.11. The molecule has 1 rings (SSSR count). The summed E-state index contributed by atoms with van der Waals surface area (Å²) in [6.45, 7) is 5.07. The molecule has 104 valence electrons. The van der Waals surface area contributed by atoms with Gasteiger partial charge in [0.15, 0.2) is 0 Å². The predicted octanol–water partition coefficient (Wildman–Crippen LogP) is 0.768. The molecule has 19 heavy (non-hydrogen) atoms. The van der Waals surface area contributed by atoms with Gasteiger partial charge in [-0.1, -0.05) is 6.07 Å². The third kappa shape index (κ3) is 5.85. The summed E-state index contributed by atoms with van der Waals surface area (Å²) >= 11 is 0. The zero-order valence-electron chi connectivity index (χ0n) is 11.3. The maximum absolute atomic E-state index is 11.8. The van der Waals surface area contributed by atoms with E-state index in [-0.39, 0.29) is 11.9 Å². The minimum absolute atomic E-state index is 0.210. The molecule has 0 aliphatic heterocycles. The topological polar surface area (TPSA) is 83.1 Å². The van der Waals surface area contributed by atoms with Gasteiger partial charge in [-0.2, -0.15) is 0 Å². The lowest BCUT2D eigenvalue weighted by molar-refractivity contribution is -0.109. The van der Waals surface area contributed by atoms with Crippen molar-refractivity contribution in [2.75, 3.05) is 18.4 Å². The summed E-state index contributed by atoms with van der Waals surface area (Å²) in [6.07, 6.45) is 1.33. The average molecular weight is 264 g/mol. The maximum Gasteiger partial charge on any atom is 0.269 e. The molecule has 1 heterocycles. The summed E-state index contributed by atoms with van der Waals surface area (Å²) in [5, 5.41) is 8.43. The van der Waals surface area contributed by atoms with Gasteiger partial charge in [0.05, 0.1) is 0 Å². The van der Waals surface area contributed by atoms with Crippen LogP contribution in [0, 0.1) is 0 Å². The predicted molar refractivity (Wildman–Crippen MR) is 74.0 cm³/mol. The van der Waals surface area contributed by atoms with Crippen LogP contribution in [-0.2, 0) is 4.79 Å². The fourth-order valence-corrected chi connectivity index (χ4v) is 1.48. The molecule has 0 fully saturated rings. The van der Waals surface area contributed by atoms with Gasteiger partial charge in [0.1, 0.15) is 11.5 Å². The number of hydrogen-bond donors (Lipinski definition) is 3. The molecule has 0 radical (unpaired) electrons. The zero-order chi connectivity index (χ0) is 14.1. The molecule has 1 aromatic heterocycles. The molecule has 0 saturated heterocycles. The Bertz CT molecular complexity index is 421. The Kier molecular flexibility index (Phi) is 6.35. The number of rotatable bonds is 8. The molecule has 0 bridgehead atoms. The van der Waals surface area contributed by atoms with E-state index in [1.54, 1.807) is 12.1 Å². The van der Waals surface area contributed by atoms with E-state index in [1.807, 2.05) is 19.9 Å². The van der Waals surface area contributed by atoms with Gasteiger partial charge in [0.25, 0.3) is 5.91 Å². The lowest BCUT2D eigenvalue weighted by atomic mass is 10.3. The Balaban J connectivity index is 2.45. The van der Waals surface area contributed by atoms with Crippen LogP contribution in [-0.4, -0.2) is 36.4 Å². The van der Waals surface area contributed by atoms with Gasteiger partial charge < -0.3 is 16.0 Å². The molecule has 0 aliphatic rings. The quantitative estimate of drug-likeness (QED) is 0.478. The summed E-state index contributed by atoms with van der Waals surface area (Å²) in [7, 11) is 0. The molecule has 2 amide bonds. The van der Waals surface area contributed by atoms with E-state index in [2.05, 4.69) is 20.9 Å². The Morgan fingerprint density at radius 2 is 2.16 bits per heavy atom. The zero-order valence-corrected chi connectivity index (χ0v) is 11.3. The van der Waals surface area contributed by atoms with Crippen LogP contribution >= 0.6 is 0 Å². The maximum atomic E-state index is 11.8. The highest BCUT2D eigenvalue weighted by Crippen LogP contribution is 2.06. The lowest BCUT2D eigenvalue weighted by Crippen LogP contribution is -2.28. The third-order valence-corrected chi connectivity index (χ3v) is 2.29. The highest BCUT2D eigenvalue weighted by molar-refractivity contribution is 5.92. The van der Waals surface area contributed by atoms with Gasteiger partial charge in [-0.05, 0) is 32.4 Å². The van der Waals surface area contributed by atoms with Gasteiger partial charge in [-0.3, -0.25) is 9.59 Å². The van der Waals surface area contributed by atoms with E-state index >= 15 is 0 Å². The van der Waals surface area contributed by atoms with Crippen LogP contribution < -0.4 is 16.0 Å². The summed E-state index contributed by atoms with van der Waals surface area (Å²) in [5.41, 5.74) is 0.383. The Labute approximate surface area is 113 Å². The molecule has 1 aromatic rings. The fraction of sp³-hybridized carbons (Fsp3) is 0.462. The average Bonchev–Trinajstić information content (AvgIpc) is 2.38. The van der Waals surface area contributed by atoms with Crippen molar-refractivity contribution in [1.29, 1.82) is 0 Å². The molecular formula is C13H20N4O2. The Morgan fingerprint density at radius 1 is 1.37 bits per heavy atom. The van der Waals surface area contributed by atoms with E-state index in [9.17, 15) is 9.59 Å². The van der Waals surface area contributed by atoms with Crippen LogP contribution in [0.15, 0.2) is 18.2 Å². The smallest absolute Gasteiger partial charge is 0.269 e. The molecule has 0 aliphatic carbocycles. The molecule has 6 nitrogen and oxygen atoms in total. The summed E-state index contributed by atoms with van der Waals surface area (Å²) in [6, 6.07) is 5.55. The van der Waals surface area contributed by atoms with Crippen LogP contribution in [0.5, 0.6) is 0 Å². The number of pyridine rings is 1. The van der Waals surface area contributed by atoms with Crippen LogP contribution in [0.1, 0.15) is 30.8 Å². The first kappa shape index (κ1) is 14.9. The molecule has 0 saturated carbocycles. The number of aromatic nitrogens is 1. The van der Waals surface area contributed by atoms with E-state index < -0.39 is 0 Å². The van der Waals surface area contributed by atoms with Crippen molar-refractivity contribution in [2.45, 2.75) is 26.3 Å². The van der Waals surface area contributed by atoms with Gasteiger partial charge in [-0.25, -0.2) is 4.98 Å². The van der Waals surface area contributed by atoms with Crippen LogP contribution in [0.4, 0.5) is 5.82 Å². The summed E-state index contributed by atoms with van der Waals surface area (Å²) in [5.74, 6) is 0.476. The van der Waals surface area contributed by atoms with Gasteiger partial charge in [-0.15, -0.1) is 0 Å². The minimum Gasteiger partial charge on any atom is -0.368 e. The second-order valence-corrected chi connectivity index (χ2v) is 4.39. The number of carbonyl (C=O) groups excluding carboxylic acids is 2. The van der Waals surface area contributed by atoms with Gasteiger partial charge in [0.2, 0.25) is 6.41 Å². The fourth-order valence-electron chi connectivity index (χ4n) is 1.48. The molecule has 0 unspecified atom stereocenters. The van der Waals surface area contributed by atoms with Crippen LogP contribution in [0.3, 0.4) is 0 Å². The highest BCUT2D eigenvalue weighted by atomic mass is 16.2. The molecule has 0 atom stereocenters. The van der Waals surface area contributed by atoms with E-state index in [1.165, 1.54) is 0 Å². The summed E-state index contributed by atoms with van der Waals surface area (Å²) in [4.78, 5) is 26.1. The lowest BCUT2D eigenvalue weighted by Gasteiger charge is -2.10. The third-order valence-electron chi connectivity index (χ3n) is 2.29. The molecular weight excluding hydrogens is 244 g/mol. The van der Waals surface area contributed by atoms with Crippen molar-refractivity contribution >= 4 is 18.1 Å². The number of nitrogens with zero attached hydrogens (tertiary/aromatic N) is 1. The summed E-state index contributed by atoms with van der Waals surface area (Å²) < 4.78 is 0. The number of hydrogen-bond acceptors (Lipinski definition) is 4. The molecule has 0 aromatic carbocycles. The second kappa shape index (κ2) is 8.07. The van der Waals surface area contributed by atoms with Crippen molar-refractivity contribution in [3.8, 4) is 0 Å². The van der Waals surface area contributed by atoms with Crippen molar-refractivity contribution in [1.82, 2.24) is 15.6 Å². The number of carbonyl (C=O) groups is 2.